The molecular weight excluding hydrogens is 548 g/mol. The molecule has 1 fully saturated rings. The van der Waals surface area contributed by atoms with Crippen LogP contribution in [0.2, 0.25) is 0 Å². The van der Waals surface area contributed by atoms with E-state index in [9.17, 15) is 59.6 Å². The Labute approximate surface area is 234 Å². The van der Waals surface area contributed by atoms with Gasteiger partial charge >= 0.3 is 29.8 Å². The molecule has 1 aliphatic carbocycles. The van der Waals surface area contributed by atoms with E-state index in [0.29, 0.717) is 31.2 Å². The van der Waals surface area contributed by atoms with Gasteiger partial charge in [0.05, 0.1) is 37.6 Å². The number of non-ortho nitro benzene ring substituents is 1. The molecule has 0 saturated heterocycles. The van der Waals surface area contributed by atoms with E-state index in [1.54, 1.807) is 0 Å². The molecule has 0 amide bonds. The number of carboxylic acids is 5. The minimum atomic E-state index is -1.32. The summed E-state index contributed by atoms with van der Waals surface area (Å²) >= 11 is 0. The monoisotopic (exact) mass is 582 g/mol. The van der Waals surface area contributed by atoms with Crippen molar-refractivity contribution in [3.63, 3.8) is 0 Å². The van der Waals surface area contributed by atoms with Crippen LogP contribution in [-0.2, 0) is 30.4 Å². The van der Waals surface area contributed by atoms with Crippen LogP contribution in [0.5, 0.6) is 0 Å². The van der Waals surface area contributed by atoms with Crippen molar-refractivity contribution in [2.75, 3.05) is 39.3 Å². The lowest BCUT2D eigenvalue weighted by Gasteiger charge is -2.45. The van der Waals surface area contributed by atoms with Gasteiger partial charge in [-0.05, 0) is 24.8 Å². The van der Waals surface area contributed by atoms with Gasteiger partial charge in [-0.2, -0.15) is 0 Å². The van der Waals surface area contributed by atoms with Gasteiger partial charge in [0.15, 0.2) is 0 Å². The van der Waals surface area contributed by atoms with Crippen LogP contribution in [-0.4, -0.2) is 132 Å². The fourth-order valence-corrected chi connectivity index (χ4v) is 5.34. The highest BCUT2D eigenvalue weighted by molar-refractivity contribution is 5.73. The van der Waals surface area contributed by atoms with E-state index in [1.807, 2.05) is 0 Å². The molecule has 226 valence electrons. The van der Waals surface area contributed by atoms with E-state index >= 15 is 0 Å². The van der Waals surface area contributed by atoms with E-state index in [-0.39, 0.29) is 18.7 Å². The third-order valence-corrected chi connectivity index (χ3v) is 6.90. The van der Waals surface area contributed by atoms with Crippen molar-refractivity contribution in [3.8, 4) is 0 Å². The number of hydrogen-bond acceptors (Lipinski definition) is 10. The Morgan fingerprint density at radius 2 is 1.15 bits per heavy atom. The number of hydrogen-bond donors (Lipinski definition) is 5. The van der Waals surface area contributed by atoms with Gasteiger partial charge in [-0.1, -0.05) is 25.0 Å². The third-order valence-electron chi connectivity index (χ3n) is 6.90. The molecule has 1 aromatic carbocycles. The highest BCUT2D eigenvalue weighted by Crippen LogP contribution is 2.28. The highest BCUT2D eigenvalue weighted by atomic mass is 16.6. The van der Waals surface area contributed by atoms with Crippen molar-refractivity contribution in [1.82, 2.24) is 14.7 Å². The lowest BCUT2D eigenvalue weighted by molar-refractivity contribution is -0.384. The van der Waals surface area contributed by atoms with Crippen LogP contribution in [0.15, 0.2) is 24.3 Å². The fourth-order valence-electron chi connectivity index (χ4n) is 5.34. The van der Waals surface area contributed by atoms with Crippen LogP contribution >= 0.6 is 0 Å². The first kappa shape index (κ1) is 33.1. The number of rotatable bonds is 18. The largest absolute Gasteiger partial charge is 0.480 e. The molecule has 1 aromatic rings. The second-order valence-corrected chi connectivity index (χ2v) is 9.91. The first-order valence-electron chi connectivity index (χ1n) is 12.8. The van der Waals surface area contributed by atoms with Gasteiger partial charge in [0.25, 0.3) is 5.69 Å². The van der Waals surface area contributed by atoms with Crippen LogP contribution in [0.3, 0.4) is 0 Å². The second kappa shape index (κ2) is 15.6. The normalized spacial score (nSPS) is 17.8. The summed E-state index contributed by atoms with van der Waals surface area (Å²) < 4.78 is 0. The molecular formula is C25H34N4O12. The maximum absolute atomic E-state index is 11.9. The zero-order valence-corrected chi connectivity index (χ0v) is 22.2. The minimum absolute atomic E-state index is 0.0139. The number of benzene rings is 1. The zero-order valence-electron chi connectivity index (χ0n) is 22.2. The molecule has 41 heavy (non-hydrogen) atoms. The molecule has 0 bridgehead atoms. The number of nitrogens with zero attached hydrogens (tertiary/aromatic N) is 4. The lowest BCUT2D eigenvalue weighted by atomic mass is 9.87. The molecule has 0 heterocycles. The van der Waals surface area contributed by atoms with E-state index in [1.165, 1.54) is 34.1 Å². The van der Waals surface area contributed by atoms with Crippen LogP contribution in [0.1, 0.15) is 31.2 Å². The molecule has 0 radical (unpaired) electrons. The summed E-state index contributed by atoms with van der Waals surface area (Å²) in [5.41, 5.74) is 0.322. The quantitative estimate of drug-likeness (QED) is 0.114. The summed E-state index contributed by atoms with van der Waals surface area (Å²) in [4.78, 5) is 72.7. The summed E-state index contributed by atoms with van der Waals surface area (Å²) in [7, 11) is 0. The van der Waals surface area contributed by atoms with Crippen molar-refractivity contribution in [2.24, 2.45) is 0 Å². The van der Waals surface area contributed by atoms with Crippen LogP contribution < -0.4 is 0 Å². The predicted octanol–water partition coefficient (Wildman–Crippen LogP) is 0.146. The Bertz CT molecular complexity index is 1080. The Hall–Kier alpha value is -4.15. The summed E-state index contributed by atoms with van der Waals surface area (Å²) in [5, 5.41) is 58.6. The molecule has 0 unspecified atom stereocenters. The zero-order chi connectivity index (χ0) is 30.7. The Morgan fingerprint density at radius 3 is 1.56 bits per heavy atom. The Kier molecular flexibility index (Phi) is 12.6. The first-order valence-corrected chi connectivity index (χ1v) is 12.8. The molecule has 2 rings (SSSR count). The number of nitro groups is 1. The molecule has 0 spiro atoms. The first-order chi connectivity index (χ1) is 19.3. The SMILES string of the molecule is O=C(O)CN(CC(=O)O)[C@H](Cc1ccc([N+](=O)[O-])cc1)CN(CC(=O)O)[C@H]1CCCC[C@@H]1N(CC(=O)O)CC(=O)O. The minimum Gasteiger partial charge on any atom is -0.480 e. The topological polar surface area (TPSA) is 239 Å². The average molecular weight is 583 g/mol. The summed E-state index contributed by atoms with van der Waals surface area (Å²) in [6, 6.07) is 3.20. The van der Waals surface area contributed by atoms with E-state index < -0.39 is 85.6 Å². The molecule has 1 aliphatic rings. The fraction of sp³-hybridized carbons (Fsp3) is 0.560. The van der Waals surface area contributed by atoms with E-state index in [2.05, 4.69) is 0 Å². The van der Waals surface area contributed by atoms with Gasteiger partial charge < -0.3 is 25.5 Å². The Balaban J connectivity index is 2.51. The maximum Gasteiger partial charge on any atom is 0.317 e. The van der Waals surface area contributed by atoms with Crippen LogP contribution in [0.25, 0.3) is 0 Å². The standard InChI is InChI=1S/C25H34N4O12/c30-21(31)11-26(12-22(32)33)18(9-16-5-7-17(8-6-16)29(40)41)10-27(13-23(34)35)19-3-1-2-4-20(19)28(14-24(36)37)15-25(38)39/h5-8,18-20H,1-4,9-15H2,(H,30,31)(H,32,33)(H,34,35)(H,36,37)(H,38,39)/t18-,19+,20+/m1/s1. The maximum atomic E-state index is 11.9. The molecule has 16 heteroatoms. The number of carbonyl (C=O) groups is 5. The van der Waals surface area contributed by atoms with E-state index in [4.69, 9.17) is 0 Å². The van der Waals surface area contributed by atoms with Crippen molar-refractivity contribution in [1.29, 1.82) is 0 Å². The smallest absolute Gasteiger partial charge is 0.317 e. The predicted molar refractivity (Wildman–Crippen MR) is 140 cm³/mol. The molecule has 0 aliphatic heterocycles. The second-order valence-electron chi connectivity index (χ2n) is 9.91. The average Bonchev–Trinajstić information content (AvgIpc) is 2.86. The molecule has 16 nitrogen and oxygen atoms in total. The molecule has 5 N–H and O–H groups in total. The Morgan fingerprint density at radius 1 is 0.732 bits per heavy atom. The summed E-state index contributed by atoms with van der Waals surface area (Å²) in [6.45, 7) is -3.28. The van der Waals surface area contributed by atoms with Crippen molar-refractivity contribution in [2.45, 2.75) is 50.2 Å². The summed E-state index contributed by atoms with van der Waals surface area (Å²) in [5.74, 6) is -6.41. The highest BCUT2D eigenvalue weighted by Gasteiger charge is 2.38. The lowest BCUT2D eigenvalue weighted by Crippen LogP contribution is -2.59. The number of aliphatic carboxylic acids is 5. The van der Waals surface area contributed by atoms with Crippen molar-refractivity contribution in [3.05, 3.63) is 39.9 Å². The third kappa shape index (κ3) is 11.1. The molecule has 1 saturated carbocycles. The number of nitro benzene ring substituents is 1. The van der Waals surface area contributed by atoms with Crippen molar-refractivity contribution >= 4 is 35.5 Å². The van der Waals surface area contributed by atoms with Crippen LogP contribution in [0.4, 0.5) is 5.69 Å². The molecule has 0 aromatic heterocycles. The van der Waals surface area contributed by atoms with Crippen molar-refractivity contribution < 1.29 is 54.4 Å². The van der Waals surface area contributed by atoms with Crippen LogP contribution in [0, 0.1) is 10.1 Å². The van der Waals surface area contributed by atoms with Gasteiger partial charge in [-0.3, -0.25) is 48.8 Å². The van der Waals surface area contributed by atoms with Gasteiger partial charge in [0, 0.05) is 36.8 Å². The number of carboxylic acid groups (broad SMARTS) is 5. The van der Waals surface area contributed by atoms with Gasteiger partial charge in [0.2, 0.25) is 0 Å². The van der Waals surface area contributed by atoms with E-state index in [0.717, 1.165) is 4.90 Å². The molecule has 3 atom stereocenters. The van der Waals surface area contributed by atoms with Gasteiger partial charge in [0.1, 0.15) is 0 Å². The van der Waals surface area contributed by atoms with Gasteiger partial charge in [-0.25, -0.2) is 0 Å². The van der Waals surface area contributed by atoms with Gasteiger partial charge in [-0.15, -0.1) is 0 Å². The summed E-state index contributed by atoms with van der Waals surface area (Å²) in [6.07, 6.45) is 2.10.